The van der Waals surface area contributed by atoms with Gasteiger partial charge >= 0.3 is 0 Å². The van der Waals surface area contributed by atoms with E-state index in [1.54, 1.807) is 0 Å². The van der Waals surface area contributed by atoms with Crippen LogP contribution in [0, 0.1) is 12.3 Å². The predicted molar refractivity (Wildman–Crippen MR) is 54.5 cm³/mol. The monoisotopic (exact) mass is 181 g/mol. The van der Waals surface area contributed by atoms with Crippen LogP contribution in [0.3, 0.4) is 0 Å². The van der Waals surface area contributed by atoms with Crippen molar-refractivity contribution in [3.63, 3.8) is 0 Å². The molecule has 0 aromatic carbocycles. The first kappa shape index (κ1) is 10.6. The molecule has 1 fully saturated rings. The first-order valence-electron chi connectivity index (χ1n) is 5.18. The predicted octanol–water partition coefficient (Wildman–Crippen LogP) is 1.56. The van der Waals surface area contributed by atoms with Crippen LogP contribution in [0.4, 0.5) is 0 Å². The highest BCUT2D eigenvalue weighted by Crippen LogP contribution is 2.07. The Morgan fingerprint density at radius 3 is 3.08 bits per heavy atom. The lowest BCUT2D eigenvalue weighted by Crippen LogP contribution is -2.37. The molecule has 0 radical (unpaired) electrons. The van der Waals surface area contributed by atoms with Crippen molar-refractivity contribution in [2.24, 2.45) is 0 Å². The lowest BCUT2D eigenvalue weighted by Gasteiger charge is -2.23. The Balaban J connectivity index is 1.90. The second-order valence-electron chi connectivity index (χ2n) is 3.53. The van der Waals surface area contributed by atoms with Gasteiger partial charge in [-0.15, -0.1) is 12.3 Å². The van der Waals surface area contributed by atoms with Gasteiger partial charge in [0, 0.05) is 19.1 Å². The van der Waals surface area contributed by atoms with E-state index in [2.05, 4.69) is 11.2 Å². The Morgan fingerprint density at radius 1 is 1.46 bits per heavy atom. The molecule has 1 rings (SSSR count). The number of hydrogen-bond donors (Lipinski definition) is 1. The summed E-state index contributed by atoms with van der Waals surface area (Å²) in [5.74, 6) is 2.61. The van der Waals surface area contributed by atoms with E-state index in [9.17, 15) is 0 Å². The van der Waals surface area contributed by atoms with Crippen molar-refractivity contribution in [1.82, 2.24) is 5.32 Å². The Hall–Kier alpha value is -0.520. The van der Waals surface area contributed by atoms with Gasteiger partial charge in [0.15, 0.2) is 0 Å². The molecule has 0 amide bonds. The topological polar surface area (TPSA) is 21.3 Å². The van der Waals surface area contributed by atoms with Crippen LogP contribution in [0.5, 0.6) is 0 Å². The fourth-order valence-corrected chi connectivity index (χ4v) is 1.57. The van der Waals surface area contributed by atoms with E-state index in [-0.39, 0.29) is 0 Å². The van der Waals surface area contributed by atoms with Crippen LogP contribution in [0.25, 0.3) is 0 Å². The molecule has 0 bridgehead atoms. The molecule has 1 aliphatic heterocycles. The molecule has 1 atom stereocenters. The number of piperidine rings is 1. The third-order valence-electron chi connectivity index (χ3n) is 2.34. The average molecular weight is 181 g/mol. The Labute approximate surface area is 81.0 Å². The summed E-state index contributed by atoms with van der Waals surface area (Å²) in [6.45, 7) is 2.81. The maximum absolute atomic E-state index is 5.52. The summed E-state index contributed by atoms with van der Waals surface area (Å²) in [5, 5.41) is 3.44. The summed E-state index contributed by atoms with van der Waals surface area (Å²) in [6, 6.07) is 0.583. The molecule has 2 heteroatoms. The van der Waals surface area contributed by atoms with E-state index in [1.165, 1.54) is 19.3 Å². The molecule has 0 saturated carbocycles. The van der Waals surface area contributed by atoms with Gasteiger partial charge in [-0.25, -0.2) is 0 Å². The lowest BCUT2D eigenvalue weighted by molar-refractivity contribution is 0.102. The molecule has 0 aromatic rings. The van der Waals surface area contributed by atoms with Crippen molar-refractivity contribution in [3.8, 4) is 12.3 Å². The fraction of sp³-hybridized carbons (Fsp3) is 0.818. The zero-order valence-electron chi connectivity index (χ0n) is 8.22. The van der Waals surface area contributed by atoms with E-state index in [0.29, 0.717) is 6.04 Å². The molecular formula is C11H19NO. The first-order valence-corrected chi connectivity index (χ1v) is 5.18. The molecule has 2 nitrogen and oxygen atoms in total. The van der Waals surface area contributed by atoms with Crippen LogP contribution in [0.2, 0.25) is 0 Å². The smallest absolute Gasteiger partial charge is 0.0619 e. The van der Waals surface area contributed by atoms with Crippen LogP contribution in [-0.4, -0.2) is 25.8 Å². The zero-order chi connectivity index (χ0) is 9.36. The molecule has 1 N–H and O–H groups in total. The molecule has 0 spiro atoms. The van der Waals surface area contributed by atoms with Crippen molar-refractivity contribution in [3.05, 3.63) is 0 Å². The first-order chi connectivity index (χ1) is 6.43. The zero-order valence-corrected chi connectivity index (χ0v) is 8.22. The minimum Gasteiger partial charge on any atom is -0.380 e. The Bertz CT molecular complexity index is 156. The number of terminal acetylenes is 1. The van der Waals surface area contributed by atoms with Gasteiger partial charge in [0.25, 0.3) is 0 Å². The standard InChI is InChI=1S/C11H19NO/c1-2-3-6-9-13-10-11-7-4-5-8-12-11/h1,11-12H,3-10H2. The van der Waals surface area contributed by atoms with Gasteiger partial charge in [0.05, 0.1) is 6.61 Å². The van der Waals surface area contributed by atoms with Gasteiger partial charge in [-0.2, -0.15) is 0 Å². The summed E-state index contributed by atoms with van der Waals surface area (Å²) in [6.07, 6.45) is 10.9. The van der Waals surface area contributed by atoms with E-state index in [4.69, 9.17) is 11.2 Å². The summed E-state index contributed by atoms with van der Waals surface area (Å²) in [5.41, 5.74) is 0. The van der Waals surface area contributed by atoms with E-state index in [1.807, 2.05) is 0 Å². The lowest BCUT2D eigenvalue weighted by atomic mass is 10.1. The molecular weight excluding hydrogens is 162 g/mol. The van der Waals surface area contributed by atoms with Gasteiger partial charge < -0.3 is 10.1 Å². The number of hydrogen-bond acceptors (Lipinski definition) is 2. The fourth-order valence-electron chi connectivity index (χ4n) is 1.57. The maximum Gasteiger partial charge on any atom is 0.0619 e. The van der Waals surface area contributed by atoms with Crippen molar-refractivity contribution in [2.75, 3.05) is 19.8 Å². The van der Waals surface area contributed by atoms with Gasteiger partial charge in [-0.1, -0.05) is 6.42 Å². The second-order valence-corrected chi connectivity index (χ2v) is 3.53. The highest BCUT2D eigenvalue weighted by Gasteiger charge is 2.11. The van der Waals surface area contributed by atoms with Gasteiger partial charge in [-0.3, -0.25) is 0 Å². The van der Waals surface area contributed by atoms with Crippen LogP contribution >= 0.6 is 0 Å². The number of unbranched alkanes of at least 4 members (excludes halogenated alkanes) is 1. The summed E-state index contributed by atoms with van der Waals surface area (Å²) >= 11 is 0. The summed E-state index contributed by atoms with van der Waals surface area (Å²) in [7, 11) is 0. The summed E-state index contributed by atoms with van der Waals surface area (Å²) < 4.78 is 5.52. The molecule has 74 valence electrons. The molecule has 0 aliphatic carbocycles. The number of rotatable bonds is 5. The molecule has 1 heterocycles. The molecule has 1 aliphatic rings. The number of ether oxygens (including phenoxy) is 1. The Kier molecular flexibility index (Phi) is 5.64. The van der Waals surface area contributed by atoms with Crippen LogP contribution in [0.15, 0.2) is 0 Å². The van der Waals surface area contributed by atoms with Crippen LogP contribution in [0.1, 0.15) is 32.1 Å². The van der Waals surface area contributed by atoms with E-state index >= 15 is 0 Å². The second kappa shape index (κ2) is 6.94. The molecule has 1 saturated heterocycles. The Morgan fingerprint density at radius 2 is 2.38 bits per heavy atom. The van der Waals surface area contributed by atoms with E-state index < -0.39 is 0 Å². The minimum atomic E-state index is 0.583. The maximum atomic E-state index is 5.52. The van der Waals surface area contributed by atoms with Crippen molar-refractivity contribution >= 4 is 0 Å². The highest BCUT2D eigenvalue weighted by molar-refractivity contribution is 4.82. The summed E-state index contributed by atoms with van der Waals surface area (Å²) in [4.78, 5) is 0. The van der Waals surface area contributed by atoms with Gasteiger partial charge in [0.2, 0.25) is 0 Å². The average Bonchev–Trinajstić information content (AvgIpc) is 2.19. The third kappa shape index (κ3) is 4.92. The normalized spacial score (nSPS) is 22.5. The number of nitrogens with one attached hydrogen (secondary N) is 1. The SMILES string of the molecule is C#CCCCOCC1CCCCN1. The minimum absolute atomic E-state index is 0.583. The molecule has 0 aromatic heterocycles. The van der Waals surface area contributed by atoms with E-state index in [0.717, 1.165) is 32.6 Å². The quantitative estimate of drug-likeness (QED) is 0.513. The van der Waals surface area contributed by atoms with Crippen molar-refractivity contribution in [2.45, 2.75) is 38.1 Å². The van der Waals surface area contributed by atoms with Gasteiger partial charge in [0.1, 0.15) is 0 Å². The van der Waals surface area contributed by atoms with Gasteiger partial charge in [-0.05, 0) is 25.8 Å². The van der Waals surface area contributed by atoms with Crippen molar-refractivity contribution < 1.29 is 4.74 Å². The van der Waals surface area contributed by atoms with Crippen molar-refractivity contribution in [1.29, 1.82) is 0 Å². The third-order valence-corrected chi connectivity index (χ3v) is 2.34. The highest BCUT2D eigenvalue weighted by atomic mass is 16.5. The molecule has 13 heavy (non-hydrogen) atoms. The molecule has 1 unspecified atom stereocenters. The largest absolute Gasteiger partial charge is 0.380 e. The van der Waals surface area contributed by atoms with Crippen LogP contribution < -0.4 is 5.32 Å². The van der Waals surface area contributed by atoms with Crippen LogP contribution in [-0.2, 0) is 4.74 Å².